The first-order chi connectivity index (χ1) is 6.45. The maximum Gasteiger partial charge on any atom is 0.384 e. The van der Waals surface area contributed by atoms with E-state index >= 15 is 0 Å². The topological polar surface area (TPSA) is 46.5 Å². The van der Waals surface area contributed by atoms with Crippen molar-refractivity contribution in [3.8, 4) is 11.8 Å². The van der Waals surface area contributed by atoms with E-state index in [2.05, 4.69) is 11.8 Å². The second kappa shape index (κ2) is 6.44. The molecule has 0 saturated heterocycles. The molecule has 0 aliphatic rings. The van der Waals surface area contributed by atoms with E-state index in [0.717, 1.165) is 12.8 Å². The highest BCUT2D eigenvalue weighted by Crippen LogP contribution is 2.06. The minimum Gasteiger partial charge on any atom is -0.450 e. The third-order valence-electron chi connectivity index (χ3n) is 1.30. The van der Waals surface area contributed by atoms with E-state index in [9.17, 15) is 4.79 Å². The minimum absolute atomic E-state index is 0.175. The molecule has 0 aromatic carbocycles. The third-order valence-corrected chi connectivity index (χ3v) is 1.30. The molecular weight excluding hydrogens is 180 g/mol. The number of carbonyl (C=O) groups excluding carboxylic acids is 1. The summed E-state index contributed by atoms with van der Waals surface area (Å²) in [6.45, 7) is 5.59. The van der Waals surface area contributed by atoms with E-state index in [0.29, 0.717) is 6.42 Å². The lowest BCUT2D eigenvalue weighted by Crippen LogP contribution is -2.22. The molecule has 0 aromatic heterocycles. The lowest BCUT2D eigenvalue weighted by molar-refractivity contribution is -0.147. The average Bonchev–Trinajstić information content (AvgIpc) is 2.00. The normalized spacial score (nSPS) is 10.3. The quantitative estimate of drug-likeness (QED) is 0.323. The highest BCUT2D eigenvalue weighted by molar-refractivity contribution is 5.88. The summed E-state index contributed by atoms with van der Waals surface area (Å²) < 4.78 is 4.98. The fourth-order valence-corrected chi connectivity index (χ4v) is 0.763. The number of hydrogen-bond acceptors (Lipinski definition) is 3. The number of unbranched alkanes of at least 4 members (excludes halogenated alkanes) is 2. The first kappa shape index (κ1) is 13.0. The lowest BCUT2D eigenvalue weighted by atomic mass is 10.2. The predicted octanol–water partition coefficient (Wildman–Crippen LogP) is 1.49. The van der Waals surface area contributed by atoms with Crippen molar-refractivity contribution in [1.29, 1.82) is 0 Å². The standard InChI is InChI=1S/C11H18O3/c1-11(2,3)14-10(13)8-6-4-5-7-9-12/h12H,4-5,7,9H2,1-3H3. The molecular formula is C11H18O3. The van der Waals surface area contributed by atoms with Gasteiger partial charge in [0.15, 0.2) is 0 Å². The van der Waals surface area contributed by atoms with Gasteiger partial charge in [-0.15, -0.1) is 0 Å². The molecule has 0 unspecified atom stereocenters. The summed E-state index contributed by atoms with van der Waals surface area (Å²) in [6, 6.07) is 0. The summed E-state index contributed by atoms with van der Waals surface area (Å²) in [5.74, 6) is 4.63. The molecule has 0 rings (SSSR count). The Bertz CT molecular complexity index is 227. The molecule has 0 atom stereocenters. The van der Waals surface area contributed by atoms with Crippen molar-refractivity contribution in [3.63, 3.8) is 0 Å². The largest absolute Gasteiger partial charge is 0.450 e. The number of aliphatic hydroxyl groups is 1. The SMILES string of the molecule is CC(C)(C)OC(=O)C#CCCCCO. The van der Waals surface area contributed by atoms with Gasteiger partial charge in [-0.25, -0.2) is 4.79 Å². The van der Waals surface area contributed by atoms with Crippen LogP contribution >= 0.6 is 0 Å². The maximum absolute atomic E-state index is 11.0. The molecule has 80 valence electrons. The number of hydrogen-bond donors (Lipinski definition) is 1. The molecule has 0 fully saturated rings. The van der Waals surface area contributed by atoms with E-state index in [1.54, 1.807) is 20.8 Å². The number of carbonyl (C=O) groups is 1. The Morgan fingerprint density at radius 1 is 1.36 bits per heavy atom. The molecule has 1 N–H and O–H groups in total. The Balaban J connectivity index is 3.71. The smallest absolute Gasteiger partial charge is 0.384 e. The molecule has 0 heterocycles. The molecule has 0 radical (unpaired) electrons. The van der Waals surface area contributed by atoms with Crippen LogP contribution in [-0.2, 0) is 9.53 Å². The van der Waals surface area contributed by atoms with Gasteiger partial charge in [-0.1, -0.05) is 5.92 Å². The number of aliphatic hydroxyl groups excluding tert-OH is 1. The molecule has 0 aliphatic carbocycles. The van der Waals surface area contributed by atoms with Crippen LogP contribution < -0.4 is 0 Å². The Kier molecular flexibility index (Phi) is 5.98. The van der Waals surface area contributed by atoms with Crippen molar-refractivity contribution < 1.29 is 14.6 Å². The molecule has 3 nitrogen and oxygen atoms in total. The van der Waals surface area contributed by atoms with Gasteiger partial charge < -0.3 is 9.84 Å². The summed E-state index contributed by atoms with van der Waals surface area (Å²) in [6.07, 6.45) is 2.16. The van der Waals surface area contributed by atoms with Crippen molar-refractivity contribution >= 4 is 5.97 Å². The molecule has 0 amide bonds. The predicted molar refractivity (Wildman–Crippen MR) is 54.6 cm³/mol. The summed E-state index contributed by atoms with van der Waals surface area (Å²) in [4.78, 5) is 11.0. The van der Waals surface area contributed by atoms with Crippen LogP contribution in [0.1, 0.15) is 40.0 Å². The van der Waals surface area contributed by atoms with Crippen LogP contribution in [0.3, 0.4) is 0 Å². The fourth-order valence-electron chi connectivity index (χ4n) is 0.763. The average molecular weight is 198 g/mol. The van der Waals surface area contributed by atoms with Gasteiger partial charge >= 0.3 is 5.97 Å². The second-order valence-electron chi connectivity index (χ2n) is 3.98. The van der Waals surface area contributed by atoms with E-state index in [1.165, 1.54) is 0 Å². The molecule has 3 heteroatoms. The van der Waals surface area contributed by atoms with Crippen LogP contribution in [0.15, 0.2) is 0 Å². The van der Waals surface area contributed by atoms with Crippen LogP contribution in [0.2, 0.25) is 0 Å². The molecule has 0 bridgehead atoms. The first-order valence-electron chi connectivity index (χ1n) is 4.78. The van der Waals surface area contributed by atoms with E-state index in [-0.39, 0.29) is 6.61 Å². The van der Waals surface area contributed by atoms with Crippen molar-refractivity contribution in [3.05, 3.63) is 0 Å². The van der Waals surface area contributed by atoms with E-state index < -0.39 is 11.6 Å². The molecule has 14 heavy (non-hydrogen) atoms. The highest BCUT2D eigenvalue weighted by Gasteiger charge is 2.13. The lowest BCUT2D eigenvalue weighted by Gasteiger charge is -2.16. The minimum atomic E-state index is -0.485. The monoisotopic (exact) mass is 198 g/mol. The Labute approximate surface area is 85.5 Å². The molecule has 0 spiro atoms. The zero-order chi connectivity index (χ0) is 11.0. The summed E-state index contributed by atoms with van der Waals surface area (Å²) in [5.41, 5.74) is -0.475. The van der Waals surface area contributed by atoms with Gasteiger partial charge in [0, 0.05) is 18.9 Å². The van der Waals surface area contributed by atoms with Gasteiger partial charge in [0.1, 0.15) is 5.60 Å². The molecule has 0 saturated carbocycles. The van der Waals surface area contributed by atoms with Crippen LogP contribution in [-0.4, -0.2) is 23.3 Å². The van der Waals surface area contributed by atoms with Gasteiger partial charge in [0.05, 0.1) is 0 Å². The number of rotatable bonds is 3. The summed E-state index contributed by atoms with van der Waals surface area (Å²) >= 11 is 0. The van der Waals surface area contributed by atoms with E-state index in [1.807, 2.05) is 0 Å². The Morgan fingerprint density at radius 2 is 2.00 bits per heavy atom. The summed E-state index contributed by atoms with van der Waals surface area (Å²) in [5, 5.41) is 8.49. The van der Waals surface area contributed by atoms with Crippen molar-refractivity contribution in [2.45, 2.75) is 45.6 Å². The van der Waals surface area contributed by atoms with E-state index in [4.69, 9.17) is 9.84 Å². The van der Waals surface area contributed by atoms with Crippen LogP contribution in [0, 0.1) is 11.8 Å². The van der Waals surface area contributed by atoms with Crippen molar-refractivity contribution in [2.24, 2.45) is 0 Å². The third kappa shape index (κ3) is 9.08. The fraction of sp³-hybridized carbons (Fsp3) is 0.727. The van der Waals surface area contributed by atoms with Crippen LogP contribution in [0.25, 0.3) is 0 Å². The van der Waals surface area contributed by atoms with Gasteiger partial charge in [0.2, 0.25) is 0 Å². The number of ether oxygens (including phenoxy) is 1. The Hall–Kier alpha value is -1.01. The van der Waals surface area contributed by atoms with Gasteiger partial charge in [-0.05, 0) is 33.6 Å². The maximum atomic E-state index is 11.0. The second-order valence-corrected chi connectivity index (χ2v) is 3.98. The molecule has 0 aromatic rings. The van der Waals surface area contributed by atoms with Crippen molar-refractivity contribution in [1.82, 2.24) is 0 Å². The van der Waals surface area contributed by atoms with Crippen LogP contribution in [0.5, 0.6) is 0 Å². The zero-order valence-electron chi connectivity index (χ0n) is 9.09. The van der Waals surface area contributed by atoms with Crippen molar-refractivity contribution in [2.75, 3.05) is 6.61 Å². The van der Waals surface area contributed by atoms with Crippen LogP contribution in [0.4, 0.5) is 0 Å². The van der Waals surface area contributed by atoms with Gasteiger partial charge in [0.25, 0.3) is 0 Å². The zero-order valence-corrected chi connectivity index (χ0v) is 9.09. The van der Waals surface area contributed by atoms with Gasteiger partial charge in [-0.2, -0.15) is 0 Å². The number of esters is 1. The Morgan fingerprint density at radius 3 is 2.50 bits per heavy atom. The van der Waals surface area contributed by atoms with Gasteiger partial charge in [-0.3, -0.25) is 0 Å². The summed E-state index contributed by atoms with van der Waals surface area (Å²) in [7, 11) is 0. The first-order valence-corrected chi connectivity index (χ1v) is 4.78. The highest BCUT2D eigenvalue weighted by atomic mass is 16.6. The molecule has 0 aliphatic heterocycles.